The van der Waals surface area contributed by atoms with Crippen LogP contribution < -0.4 is 14.2 Å². The Kier molecular flexibility index (Phi) is 6.09. The molecule has 0 aliphatic carbocycles. The van der Waals surface area contributed by atoms with Gasteiger partial charge in [-0.3, -0.25) is 4.98 Å². The molecule has 0 saturated carbocycles. The summed E-state index contributed by atoms with van der Waals surface area (Å²) in [6.45, 7) is -0.0615. The SMILES string of the molecule is COc1ccc(F)cc1S(=O)(=O)NCC#CCOc1ccc2cccnc2c1. The maximum Gasteiger partial charge on any atom is 0.245 e. The molecule has 144 valence electrons. The molecule has 0 unspecified atom stereocenters. The lowest BCUT2D eigenvalue weighted by atomic mass is 10.2. The van der Waals surface area contributed by atoms with Crippen LogP contribution in [0.25, 0.3) is 10.9 Å². The third-order valence-corrected chi connectivity index (χ3v) is 5.20. The number of nitrogens with one attached hydrogen (secondary N) is 1. The van der Waals surface area contributed by atoms with Gasteiger partial charge in [0.05, 0.1) is 19.2 Å². The molecule has 0 saturated heterocycles. The van der Waals surface area contributed by atoms with Gasteiger partial charge in [-0.25, -0.2) is 12.8 Å². The Labute approximate surface area is 162 Å². The van der Waals surface area contributed by atoms with Gasteiger partial charge in [-0.05, 0) is 36.4 Å². The van der Waals surface area contributed by atoms with Crippen molar-refractivity contribution in [1.82, 2.24) is 9.71 Å². The van der Waals surface area contributed by atoms with Crippen molar-refractivity contribution in [2.24, 2.45) is 0 Å². The van der Waals surface area contributed by atoms with Crippen molar-refractivity contribution in [1.29, 1.82) is 0 Å². The fourth-order valence-corrected chi connectivity index (χ4v) is 3.54. The van der Waals surface area contributed by atoms with Gasteiger partial charge in [0.2, 0.25) is 10.0 Å². The Bertz CT molecular complexity index is 1150. The van der Waals surface area contributed by atoms with E-state index >= 15 is 0 Å². The van der Waals surface area contributed by atoms with E-state index < -0.39 is 15.8 Å². The first-order valence-electron chi connectivity index (χ1n) is 8.26. The van der Waals surface area contributed by atoms with E-state index in [1.54, 1.807) is 12.3 Å². The topological polar surface area (TPSA) is 77.5 Å². The van der Waals surface area contributed by atoms with Gasteiger partial charge in [0.25, 0.3) is 0 Å². The molecule has 0 aliphatic heterocycles. The molecule has 28 heavy (non-hydrogen) atoms. The van der Waals surface area contributed by atoms with Gasteiger partial charge in [-0.15, -0.1) is 0 Å². The smallest absolute Gasteiger partial charge is 0.245 e. The fourth-order valence-electron chi connectivity index (χ4n) is 2.44. The predicted octanol–water partition coefficient (Wildman–Crippen LogP) is 2.74. The van der Waals surface area contributed by atoms with Crippen LogP contribution in [0.5, 0.6) is 11.5 Å². The van der Waals surface area contributed by atoms with Crippen LogP contribution in [0.4, 0.5) is 4.39 Å². The molecule has 3 rings (SSSR count). The molecule has 0 atom stereocenters. The van der Waals surface area contributed by atoms with Crippen LogP contribution in [0.3, 0.4) is 0 Å². The van der Waals surface area contributed by atoms with Crippen LogP contribution in [0.15, 0.2) is 59.6 Å². The normalized spacial score (nSPS) is 10.9. The number of benzene rings is 2. The fraction of sp³-hybridized carbons (Fsp3) is 0.150. The number of hydrogen-bond acceptors (Lipinski definition) is 5. The molecule has 0 bridgehead atoms. The molecule has 0 aliphatic rings. The van der Waals surface area contributed by atoms with Crippen molar-refractivity contribution in [2.75, 3.05) is 20.3 Å². The number of methoxy groups -OCH3 is 1. The van der Waals surface area contributed by atoms with E-state index in [-0.39, 0.29) is 23.8 Å². The molecular weight excluding hydrogens is 383 g/mol. The predicted molar refractivity (Wildman–Crippen MR) is 103 cm³/mol. The standard InChI is InChI=1S/C20H17FN2O4S/c1-26-19-9-7-16(21)13-20(19)28(24,25)23-11-2-3-12-27-17-8-6-15-5-4-10-22-18(15)14-17/h4-10,13-14,23H,11-12H2,1H3. The first-order valence-corrected chi connectivity index (χ1v) is 9.74. The lowest BCUT2D eigenvalue weighted by Crippen LogP contribution is -2.24. The second-order valence-corrected chi connectivity index (χ2v) is 7.36. The third-order valence-electron chi connectivity index (χ3n) is 3.78. The summed E-state index contributed by atoms with van der Waals surface area (Å²) in [7, 11) is -2.64. The summed E-state index contributed by atoms with van der Waals surface area (Å²) < 4.78 is 50.7. The van der Waals surface area contributed by atoms with Gasteiger partial charge in [-0.1, -0.05) is 17.9 Å². The highest BCUT2D eigenvalue weighted by Gasteiger charge is 2.19. The number of aromatic nitrogens is 1. The Morgan fingerprint density at radius 1 is 1.14 bits per heavy atom. The summed E-state index contributed by atoms with van der Waals surface area (Å²) in [5.41, 5.74) is 0.810. The van der Waals surface area contributed by atoms with Crippen molar-refractivity contribution < 1.29 is 22.3 Å². The highest BCUT2D eigenvalue weighted by Crippen LogP contribution is 2.24. The zero-order valence-electron chi connectivity index (χ0n) is 15.0. The summed E-state index contributed by atoms with van der Waals surface area (Å²) in [6.07, 6.45) is 1.70. The third kappa shape index (κ3) is 4.76. The van der Waals surface area contributed by atoms with E-state index in [2.05, 4.69) is 21.5 Å². The Morgan fingerprint density at radius 3 is 2.82 bits per heavy atom. The molecule has 0 amide bonds. The molecule has 1 N–H and O–H groups in total. The van der Waals surface area contributed by atoms with Crippen LogP contribution in [0.2, 0.25) is 0 Å². The summed E-state index contributed by atoms with van der Waals surface area (Å²) in [5.74, 6) is 5.37. The van der Waals surface area contributed by atoms with Gasteiger partial charge in [0, 0.05) is 17.6 Å². The highest BCUT2D eigenvalue weighted by atomic mass is 32.2. The minimum atomic E-state index is -3.96. The number of nitrogens with zero attached hydrogens (tertiary/aromatic N) is 1. The second kappa shape index (κ2) is 8.69. The van der Waals surface area contributed by atoms with Crippen LogP contribution in [0, 0.1) is 17.7 Å². The van der Waals surface area contributed by atoms with Crippen LogP contribution in [-0.2, 0) is 10.0 Å². The number of rotatable bonds is 6. The molecule has 1 heterocycles. The van der Waals surface area contributed by atoms with Gasteiger partial charge >= 0.3 is 0 Å². The maximum atomic E-state index is 13.4. The zero-order valence-corrected chi connectivity index (χ0v) is 15.8. The molecule has 2 aromatic carbocycles. The van der Waals surface area contributed by atoms with Crippen molar-refractivity contribution in [3.05, 3.63) is 60.5 Å². The lowest BCUT2D eigenvalue weighted by Gasteiger charge is -2.09. The first kappa shape index (κ1) is 19.6. The molecule has 6 nitrogen and oxygen atoms in total. The monoisotopic (exact) mass is 400 g/mol. The van der Waals surface area contributed by atoms with E-state index in [1.807, 2.05) is 24.3 Å². The van der Waals surface area contributed by atoms with E-state index in [4.69, 9.17) is 9.47 Å². The summed E-state index contributed by atoms with van der Waals surface area (Å²) in [6, 6.07) is 12.6. The van der Waals surface area contributed by atoms with Gasteiger partial charge in [0.1, 0.15) is 28.8 Å². The van der Waals surface area contributed by atoms with E-state index in [9.17, 15) is 12.8 Å². The van der Waals surface area contributed by atoms with Crippen molar-refractivity contribution >= 4 is 20.9 Å². The maximum absolute atomic E-state index is 13.4. The molecule has 0 spiro atoms. The summed E-state index contributed by atoms with van der Waals surface area (Å²) >= 11 is 0. The molecular formula is C20H17FN2O4S. The van der Waals surface area contributed by atoms with Crippen molar-refractivity contribution in [3.63, 3.8) is 0 Å². The van der Waals surface area contributed by atoms with Gasteiger partial charge < -0.3 is 9.47 Å². The quantitative estimate of drug-likeness (QED) is 0.644. The number of fused-ring (bicyclic) bond motifs is 1. The van der Waals surface area contributed by atoms with E-state index in [0.717, 1.165) is 23.0 Å². The van der Waals surface area contributed by atoms with Crippen molar-refractivity contribution in [2.45, 2.75) is 4.90 Å². The van der Waals surface area contributed by atoms with E-state index in [0.29, 0.717) is 5.75 Å². The minimum Gasteiger partial charge on any atom is -0.495 e. The minimum absolute atomic E-state index is 0.0510. The van der Waals surface area contributed by atoms with Crippen LogP contribution in [0.1, 0.15) is 0 Å². The van der Waals surface area contributed by atoms with Crippen molar-refractivity contribution in [3.8, 4) is 23.3 Å². The largest absolute Gasteiger partial charge is 0.495 e. The molecule has 8 heteroatoms. The number of halogens is 1. The molecule has 3 aromatic rings. The first-order chi connectivity index (χ1) is 13.5. The molecule has 0 radical (unpaired) electrons. The molecule has 1 aromatic heterocycles. The Hall–Kier alpha value is -3.15. The van der Waals surface area contributed by atoms with E-state index in [1.165, 1.54) is 13.2 Å². The summed E-state index contributed by atoms with van der Waals surface area (Å²) in [4.78, 5) is 3.97. The number of ether oxygens (including phenoxy) is 2. The number of sulfonamides is 1. The number of pyridine rings is 1. The molecule has 0 fully saturated rings. The second-order valence-electron chi connectivity index (χ2n) is 5.62. The average Bonchev–Trinajstić information content (AvgIpc) is 2.70. The lowest BCUT2D eigenvalue weighted by molar-refractivity contribution is 0.370. The van der Waals surface area contributed by atoms with Gasteiger partial charge in [0.15, 0.2) is 0 Å². The zero-order chi connectivity index (χ0) is 20.0. The van der Waals surface area contributed by atoms with Crippen LogP contribution in [-0.4, -0.2) is 33.7 Å². The van der Waals surface area contributed by atoms with Gasteiger partial charge in [-0.2, -0.15) is 4.72 Å². The Balaban J connectivity index is 1.56. The highest BCUT2D eigenvalue weighted by molar-refractivity contribution is 7.89. The number of hydrogen-bond donors (Lipinski definition) is 1. The Morgan fingerprint density at radius 2 is 2.00 bits per heavy atom. The van der Waals surface area contributed by atoms with Crippen LogP contribution >= 0.6 is 0 Å². The summed E-state index contributed by atoms with van der Waals surface area (Å²) in [5, 5.41) is 1.00. The average molecular weight is 400 g/mol.